The van der Waals surface area contributed by atoms with Crippen LogP contribution in [0.1, 0.15) is 11.7 Å². The first-order valence-corrected chi connectivity index (χ1v) is 7.14. The first-order valence-electron chi connectivity index (χ1n) is 5.25. The maximum Gasteiger partial charge on any atom is 0.175 e. The first-order chi connectivity index (χ1) is 7.95. The van der Waals surface area contributed by atoms with E-state index in [2.05, 4.69) is 11.9 Å². The fourth-order valence-electron chi connectivity index (χ4n) is 1.38. The van der Waals surface area contributed by atoms with Crippen molar-refractivity contribution >= 4 is 9.84 Å². The van der Waals surface area contributed by atoms with Gasteiger partial charge in [-0.1, -0.05) is 18.2 Å². The number of hydrogen-bond donors (Lipinski definition) is 2. The summed E-state index contributed by atoms with van der Waals surface area (Å²) in [6.07, 6.45) is 2.22. The van der Waals surface area contributed by atoms with Crippen molar-refractivity contribution in [3.8, 4) is 0 Å². The van der Waals surface area contributed by atoms with E-state index in [4.69, 9.17) is 0 Å². The van der Waals surface area contributed by atoms with Gasteiger partial charge in [0.2, 0.25) is 0 Å². The van der Waals surface area contributed by atoms with Gasteiger partial charge < -0.3 is 10.4 Å². The number of nitrogens with one attached hydrogen (secondary N) is 1. The van der Waals surface area contributed by atoms with E-state index in [1.165, 1.54) is 12.1 Å². The molecule has 0 saturated carbocycles. The summed E-state index contributed by atoms with van der Waals surface area (Å²) in [4.78, 5) is 0.257. The zero-order valence-electron chi connectivity index (χ0n) is 9.76. The summed E-state index contributed by atoms with van der Waals surface area (Å²) >= 11 is 0. The van der Waals surface area contributed by atoms with Gasteiger partial charge in [-0.05, 0) is 17.7 Å². The number of hydrogen-bond acceptors (Lipinski definition) is 4. The SMILES string of the molecule is C=CCNCC(O)c1ccc(S(C)(=O)=O)cc1. The van der Waals surface area contributed by atoms with Gasteiger partial charge >= 0.3 is 0 Å². The van der Waals surface area contributed by atoms with E-state index in [1.54, 1.807) is 18.2 Å². The number of aliphatic hydroxyl groups is 1. The summed E-state index contributed by atoms with van der Waals surface area (Å²) in [5.74, 6) is 0. The van der Waals surface area contributed by atoms with Crippen LogP contribution >= 0.6 is 0 Å². The molecule has 1 aromatic carbocycles. The molecule has 1 unspecified atom stereocenters. The second-order valence-corrected chi connectivity index (χ2v) is 5.82. The van der Waals surface area contributed by atoms with Crippen LogP contribution < -0.4 is 5.32 Å². The molecule has 0 saturated heterocycles. The lowest BCUT2D eigenvalue weighted by Gasteiger charge is -2.11. The maximum absolute atomic E-state index is 11.2. The number of benzene rings is 1. The molecule has 0 bridgehead atoms. The molecule has 0 aliphatic rings. The number of rotatable bonds is 6. The molecule has 0 aromatic heterocycles. The van der Waals surface area contributed by atoms with Gasteiger partial charge in [0.1, 0.15) is 0 Å². The summed E-state index contributed by atoms with van der Waals surface area (Å²) in [6, 6.07) is 6.25. The molecule has 1 aromatic rings. The number of aliphatic hydroxyl groups excluding tert-OH is 1. The Labute approximate surface area is 102 Å². The van der Waals surface area contributed by atoms with Crippen molar-refractivity contribution in [2.75, 3.05) is 19.3 Å². The van der Waals surface area contributed by atoms with E-state index in [-0.39, 0.29) is 4.90 Å². The Morgan fingerprint density at radius 3 is 2.47 bits per heavy atom. The van der Waals surface area contributed by atoms with Gasteiger partial charge in [-0.2, -0.15) is 0 Å². The average molecular weight is 255 g/mol. The molecular formula is C12H17NO3S. The largest absolute Gasteiger partial charge is 0.387 e. The lowest BCUT2D eigenvalue weighted by atomic mass is 10.1. The van der Waals surface area contributed by atoms with E-state index < -0.39 is 15.9 Å². The van der Waals surface area contributed by atoms with Crippen molar-refractivity contribution in [3.05, 3.63) is 42.5 Å². The van der Waals surface area contributed by atoms with E-state index in [0.717, 1.165) is 6.26 Å². The van der Waals surface area contributed by atoms with Crippen LogP contribution in [0.2, 0.25) is 0 Å². The van der Waals surface area contributed by atoms with Crippen LogP contribution in [0.3, 0.4) is 0 Å². The summed E-state index contributed by atoms with van der Waals surface area (Å²) in [5.41, 5.74) is 0.689. The maximum atomic E-state index is 11.2. The van der Waals surface area contributed by atoms with Crippen LogP contribution in [0.4, 0.5) is 0 Å². The highest BCUT2D eigenvalue weighted by Gasteiger charge is 2.10. The second kappa shape index (κ2) is 5.95. The van der Waals surface area contributed by atoms with Crippen LogP contribution in [0.15, 0.2) is 41.8 Å². The summed E-state index contributed by atoms with van der Waals surface area (Å²) in [5, 5.41) is 12.8. The second-order valence-electron chi connectivity index (χ2n) is 3.80. The Morgan fingerprint density at radius 1 is 1.41 bits per heavy atom. The molecule has 2 N–H and O–H groups in total. The van der Waals surface area contributed by atoms with E-state index in [1.807, 2.05) is 0 Å². The van der Waals surface area contributed by atoms with Gasteiger partial charge in [0.25, 0.3) is 0 Å². The van der Waals surface area contributed by atoms with Crippen LogP contribution in [0.25, 0.3) is 0 Å². The van der Waals surface area contributed by atoms with Crippen molar-refractivity contribution in [1.29, 1.82) is 0 Å². The predicted octanol–water partition coefficient (Wildman–Crippen LogP) is 0.899. The Hall–Kier alpha value is -1.17. The van der Waals surface area contributed by atoms with Gasteiger partial charge in [-0.3, -0.25) is 0 Å². The van der Waals surface area contributed by atoms with Crippen LogP contribution in [0, 0.1) is 0 Å². The van der Waals surface area contributed by atoms with Crippen LogP contribution in [-0.2, 0) is 9.84 Å². The zero-order valence-corrected chi connectivity index (χ0v) is 10.6. The first kappa shape index (κ1) is 13.9. The Balaban J connectivity index is 2.70. The lowest BCUT2D eigenvalue weighted by Crippen LogP contribution is -2.21. The molecular weight excluding hydrogens is 238 g/mol. The van der Waals surface area contributed by atoms with Gasteiger partial charge in [0, 0.05) is 19.3 Å². The van der Waals surface area contributed by atoms with Crippen molar-refractivity contribution in [3.63, 3.8) is 0 Å². The Bertz CT molecular complexity index is 465. The fourth-order valence-corrected chi connectivity index (χ4v) is 2.01. The van der Waals surface area contributed by atoms with Crippen LogP contribution in [0.5, 0.6) is 0 Å². The molecule has 0 fully saturated rings. The van der Waals surface area contributed by atoms with Crippen molar-refractivity contribution in [2.45, 2.75) is 11.0 Å². The van der Waals surface area contributed by atoms with E-state index in [0.29, 0.717) is 18.7 Å². The molecule has 0 radical (unpaired) electrons. The van der Waals surface area contributed by atoms with E-state index >= 15 is 0 Å². The standard InChI is InChI=1S/C12H17NO3S/c1-3-8-13-9-12(14)10-4-6-11(7-5-10)17(2,15)16/h3-7,12-14H,1,8-9H2,2H3. The van der Waals surface area contributed by atoms with Crippen molar-refractivity contribution in [2.24, 2.45) is 0 Å². The highest BCUT2D eigenvalue weighted by Crippen LogP contribution is 2.15. The fraction of sp³-hybridized carbons (Fsp3) is 0.333. The molecule has 1 rings (SSSR count). The molecule has 1 atom stereocenters. The molecule has 94 valence electrons. The predicted molar refractivity (Wildman–Crippen MR) is 67.6 cm³/mol. The molecule has 0 heterocycles. The van der Waals surface area contributed by atoms with Crippen molar-refractivity contribution in [1.82, 2.24) is 5.32 Å². The minimum Gasteiger partial charge on any atom is -0.387 e. The topological polar surface area (TPSA) is 66.4 Å². The zero-order chi connectivity index (χ0) is 12.9. The minimum atomic E-state index is -3.18. The summed E-state index contributed by atoms with van der Waals surface area (Å²) in [6.45, 7) is 4.59. The third-order valence-corrected chi connectivity index (χ3v) is 3.45. The third-order valence-electron chi connectivity index (χ3n) is 2.32. The molecule has 0 amide bonds. The van der Waals surface area contributed by atoms with Crippen molar-refractivity contribution < 1.29 is 13.5 Å². The smallest absolute Gasteiger partial charge is 0.175 e. The van der Waals surface area contributed by atoms with Gasteiger partial charge in [0.05, 0.1) is 11.0 Å². The highest BCUT2D eigenvalue weighted by molar-refractivity contribution is 7.90. The molecule has 0 spiro atoms. The molecule has 17 heavy (non-hydrogen) atoms. The molecule has 5 heteroatoms. The van der Waals surface area contributed by atoms with Crippen LogP contribution in [-0.4, -0.2) is 32.9 Å². The molecule has 4 nitrogen and oxygen atoms in total. The lowest BCUT2D eigenvalue weighted by molar-refractivity contribution is 0.176. The van der Waals surface area contributed by atoms with Gasteiger partial charge in [-0.15, -0.1) is 6.58 Å². The number of sulfone groups is 1. The summed E-state index contributed by atoms with van der Waals surface area (Å²) in [7, 11) is -3.18. The quantitative estimate of drug-likeness (QED) is 0.585. The minimum absolute atomic E-state index is 0.257. The Morgan fingerprint density at radius 2 is 2.00 bits per heavy atom. The van der Waals surface area contributed by atoms with E-state index in [9.17, 15) is 13.5 Å². The van der Waals surface area contributed by atoms with Gasteiger partial charge in [-0.25, -0.2) is 8.42 Å². The average Bonchev–Trinajstić information content (AvgIpc) is 2.28. The van der Waals surface area contributed by atoms with Gasteiger partial charge in [0.15, 0.2) is 9.84 Å². The Kier molecular flexibility index (Phi) is 4.86. The summed E-state index contributed by atoms with van der Waals surface area (Å²) < 4.78 is 22.5. The molecule has 0 aliphatic carbocycles. The normalized spacial score (nSPS) is 13.3. The highest BCUT2D eigenvalue weighted by atomic mass is 32.2. The third kappa shape index (κ3) is 4.30. The monoisotopic (exact) mass is 255 g/mol. The molecule has 0 aliphatic heterocycles.